The summed E-state index contributed by atoms with van der Waals surface area (Å²) in [5.74, 6) is -0.520. The zero-order valence-electron chi connectivity index (χ0n) is 11.4. The van der Waals surface area contributed by atoms with E-state index in [-0.39, 0.29) is 14.4 Å². The zero-order valence-corrected chi connectivity index (χ0v) is 14.6. The molecule has 0 radical (unpaired) electrons. The van der Waals surface area contributed by atoms with E-state index in [1.165, 1.54) is 23.5 Å². The zero-order chi connectivity index (χ0) is 15.6. The third kappa shape index (κ3) is 3.82. The quantitative estimate of drug-likeness (QED) is 0.818. The molecule has 2 N–H and O–H groups in total. The summed E-state index contributed by atoms with van der Waals surface area (Å²) in [6.07, 6.45) is 0. The fourth-order valence-corrected chi connectivity index (χ4v) is 4.62. The van der Waals surface area contributed by atoms with E-state index in [1.807, 2.05) is 6.92 Å². The van der Waals surface area contributed by atoms with Crippen molar-refractivity contribution in [1.82, 2.24) is 5.32 Å². The van der Waals surface area contributed by atoms with Crippen molar-refractivity contribution in [1.29, 1.82) is 0 Å². The Morgan fingerprint density at radius 2 is 2.05 bits per heavy atom. The van der Waals surface area contributed by atoms with Gasteiger partial charge in [-0.3, -0.25) is 4.72 Å². The molecule has 0 aliphatic heterocycles. The number of aryl methyl sites for hydroxylation is 1. The number of halogens is 2. The van der Waals surface area contributed by atoms with Crippen molar-refractivity contribution in [2.45, 2.75) is 17.7 Å². The SMILES string of the molecule is CNCc1sc(S(=O)(=O)Nc2ccc(Br)c(F)c2)cc1C. The molecule has 2 aromatic rings. The van der Waals surface area contributed by atoms with E-state index in [2.05, 4.69) is 26.0 Å². The van der Waals surface area contributed by atoms with Crippen LogP contribution in [0.1, 0.15) is 10.4 Å². The highest BCUT2D eigenvalue weighted by Gasteiger charge is 2.19. The molecule has 0 unspecified atom stereocenters. The third-order valence-corrected chi connectivity index (χ3v) is 6.51. The van der Waals surface area contributed by atoms with E-state index in [4.69, 9.17) is 0 Å². The second kappa shape index (κ2) is 6.43. The predicted octanol–water partition coefficient (Wildman–Crippen LogP) is 3.48. The summed E-state index contributed by atoms with van der Waals surface area (Å²) in [4.78, 5) is 0.958. The largest absolute Gasteiger partial charge is 0.315 e. The Hall–Kier alpha value is -0.960. The molecule has 0 spiro atoms. The average Bonchev–Trinajstić information content (AvgIpc) is 2.77. The van der Waals surface area contributed by atoms with Crippen LogP contribution in [0.5, 0.6) is 0 Å². The van der Waals surface area contributed by atoms with Crippen LogP contribution in [0.4, 0.5) is 10.1 Å². The number of nitrogens with one attached hydrogen (secondary N) is 2. The van der Waals surface area contributed by atoms with Gasteiger partial charge in [-0.1, -0.05) is 0 Å². The molecule has 0 aliphatic carbocycles. The van der Waals surface area contributed by atoms with E-state index < -0.39 is 15.8 Å². The first kappa shape index (κ1) is 16.4. The maximum atomic E-state index is 13.4. The van der Waals surface area contributed by atoms with Crippen LogP contribution in [-0.2, 0) is 16.6 Å². The molecular formula is C13H14BrFN2O2S2. The summed E-state index contributed by atoms with van der Waals surface area (Å²) >= 11 is 4.23. The number of hydrogen-bond donors (Lipinski definition) is 2. The second-order valence-electron chi connectivity index (χ2n) is 4.44. The van der Waals surface area contributed by atoms with Crippen LogP contribution in [0.25, 0.3) is 0 Å². The van der Waals surface area contributed by atoms with Gasteiger partial charge in [-0.25, -0.2) is 12.8 Å². The molecular weight excluding hydrogens is 379 g/mol. The number of thiophene rings is 1. The van der Waals surface area contributed by atoms with Crippen LogP contribution in [0.15, 0.2) is 32.9 Å². The first-order chi connectivity index (χ1) is 9.83. The first-order valence-electron chi connectivity index (χ1n) is 6.05. The standard InChI is InChI=1S/C13H14BrFN2O2S2/c1-8-5-13(20-12(8)7-16-2)21(18,19)17-9-3-4-10(14)11(15)6-9/h3-6,16-17H,7H2,1-2H3. The molecule has 0 saturated carbocycles. The maximum Gasteiger partial charge on any atom is 0.271 e. The minimum Gasteiger partial charge on any atom is -0.315 e. The van der Waals surface area contributed by atoms with Gasteiger partial charge in [0.1, 0.15) is 10.0 Å². The molecule has 114 valence electrons. The topological polar surface area (TPSA) is 58.2 Å². The highest BCUT2D eigenvalue weighted by Crippen LogP contribution is 2.28. The molecule has 1 aromatic carbocycles. The predicted molar refractivity (Wildman–Crippen MR) is 86.7 cm³/mol. The van der Waals surface area contributed by atoms with Crippen molar-refractivity contribution in [3.63, 3.8) is 0 Å². The smallest absolute Gasteiger partial charge is 0.271 e. The van der Waals surface area contributed by atoms with Gasteiger partial charge in [-0.2, -0.15) is 0 Å². The summed E-state index contributed by atoms with van der Waals surface area (Å²) in [6.45, 7) is 2.47. The summed E-state index contributed by atoms with van der Waals surface area (Å²) in [6, 6.07) is 5.71. The molecule has 1 heterocycles. The fraction of sp³-hybridized carbons (Fsp3) is 0.231. The lowest BCUT2D eigenvalue weighted by atomic mass is 10.3. The van der Waals surface area contributed by atoms with Crippen LogP contribution >= 0.6 is 27.3 Å². The average molecular weight is 393 g/mol. The van der Waals surface area contributed by atoms with Gasteiger partial charge in [-0.05, 0) is 59.7 Å². The molecule has 4 nitrogen and oxygen atoms in total. The second-order valence-corrected chi connectivity index (χ2v) is 8.34. The fourth-order valence-electron chi connectivity index (χ4n) is 1.72. The van der Waals surface area contributed by atoms with Gasteiger partial charge in [0.2, 0.25) is 0 Å². The number of benzene rings is 1. The van der Waals surface area contributed by atoms with Gasteiger partial charge in [0.15, 0.2) is 0 Å². The third-order valence-electron chi connectivity index (χ3n) is 2.77. The van der Waals surface area contributed by atoms with E-state index >= 15 is 0 Å². The highest BCUT2D eigenvalue weighted by atomic mass is 79.9. The molecule has 0 saturated heterocycles. The number of rotatable bonds is 5. The molecule has 0 bridgehead atoms. The summed E-state index contributed by atoms with van der Waals surface area (Å²) in [5, 5.41) is 2.99. The van der Waals surface area contributed by atoms with E-state index in [1.54, 1.807) is 13.1 Å². The Kier molecular flexibility index (Phi) is 5.03. The van der Waals surface area contributed by atoms with Gasteiger partial charge in [-0.15, -0.1) is 11.3 Å². The van der Waals surface area contributed by atoms with Gasteiger partial charge >= 0.3 is 0 Å². The Bertz CT molecular complexity index is 760. The molecule has 8 heteroatoms. The lowest BCUT2D eigenvalue weighted by Crippen LogP contribution is -2.11. The maximum absolute atomic E-state index is 13.4. The van der Waals surface area contributed by atoms with Crippen molar-refractivity contribution in [3.05, 3.63) is 45.0 Å². The minimum absolute atomic E-state index is 0.192. The van der Waals surface area contributed by atoms with Crippen LogP contribution in [0.2, 0.25) is 0 Å². The lowest BCUT2D eigenvalue weighted by Gasteiger charge is -2.06. The van der Waals surface area contributed by atoms with Gasteiger partial charge in [0.25, 0.3) is 10.0 Å². The van der Waals surface area contributed by atoms with E-state index in [9.17, 15) is 12.8 Å². The number of hydrogen-bond acceptors (Lipinski definition) is 4. The van der Waals surface area contributed by atoms with Gasteiger partial charge in [0, 0.05) is 11.4 Å². The van der Waals surface area contributed by atoms with Crippen molar-refractivity contribution in [2.75, 3.05) is 11.8 Å². The van der Waals surface area contributed by atoms with E-state index in [0.717, 1.165) is 16.5 Å². The van der Waals surface area contributed by atoms with Crippen molar-refractivity contribution < 1.29 is 12.8 Å². The van der Waals surface area contributed by atoms with Crippen LogP contribution in [0.3, 0.4) is 0 Å². The number of anilines is 1. The van der Waals surface area contributed by atoms with Crippen molar-refractivity contribution in [2.24, 2.45) is 0 Å². The molecule has 0 amide bonds. The van der Waals surface area contributed by atoms with E-state index in [0.29, 0.717) is 6.54 Å². The van der Waals surface area contributed by atoms with Crippen molar-refractivity contribution in [3.8, 4) is 0 Å². The molecule has 2 rings (SSSR count). The van der Waals surface area contributed by atoms with Gasteiger partial charge < -0.3 is 5.32 Å². The molecule has 1 aromatic heterocycles. The summed E-state index contributed by atoms with van der Waals surface area (Å²) < 4.78 is 41.0. The summed E-state index contributed by atoms with van der Waals surface area (Å²) in [5.41, 5.74) is 1.11. The Morgan fingerprint density at radius 1 is 1.33 bits per heavy atom. The Morgan fingerprint density at radius 3 is 2.67 bits per heavy atom. The molecule has 0 aliphatic rings. The van der Waals surface area contributed by atoms with Crippen LogP contribution < -0.4 is 10.0 Å². The van der Waals surface area contributed by atoms with Crippen LogP contribution in [0, 0.1) is 12.7 Å². The van der Waals surface area contributed by atoms with Crippen LogP contribution in [-0.4, -0.2) is 15.5 Å². The molecule has 0 fully saturated rings. The summed E-state index contributed by atoms with van der Waals surface area (Å²) in [7, 11) is -1.90. The normalized spacial score (nSPS) is 11.6. The Labute approximate surface area is 135 Å². The lowest BCUT2D eigenvalue weighted by molar-refractivity contribution is 0.603. The first-order valence-corrected chi connectivity index (χ1v) is 9.14. The van der Waals surface area contributed by atoms with Crippen molar-refractivity contribution >= 4 is 43.0 Å². The molecule has 0 atom stereocenters. The monoisotopic (exact) mass is 392 g/mol. The molecule has 21 heavy (non-hydrogen) atoms. The Balaban J connectivity index is 2.29. The minimum atomic E-state index is -3.70. The highest BCUT2D eigenvalue weighted by molar-refractivity contribution is 9.10. The van der Waals surface area contributed by atoms with Gasteiger partial charge in [0.05, 0.1) is 10.2 Å². The number of sulfonamides is 1.